The van der Waals surface area contributed by atoms with E-state index < -0.39 is 15.9 Å². The van der Waals surface area contributed by atoms with E-state index in [1.807, 2.05) is 38.1 Å². The van der Waals surface area contributed by atoms with Gasteiger partial charge in [-0.25, -0.2) is 8.42 Å². The van der Waals surface area contributed by atoms with Gasteiger partial charge < -0.3 is 14.8 Å². The predicted molar refractivity (Wildman–Crippen MR) is 107 cm³/mol. The summed E-state index contributed by atoms with van der Waals surface area (Å²) in [5, 5.41) is 4.44. The Labute approximate surface area is 169 Å². The van der Waals surface area contributed by atoms with E-state index in [0.717, 1.165) is 16.9 Å². The fourth-order valence-electron chi connectivity index (χ4n) is 2.87. The number of para-hydroxylation sites is 1. The first-order valence-electron chi connectivity index (χ1n) is 9.07. The van der Waals surface area contributed by atoms with Crippen molar-refractivity contribution in [2.75, 3.05) is 26.3 Å². The largest absolute Gasteiger partial charge is 0.491 e. The van der Waals surface area contributed by atoms with Gasteiger partial charge >= 0.3 is 0 Å². The molecule has 152 valence electrons. The molecule has 1 aromatic heterocycles. The van der Waals surface area contributed by atoms with Crippen LogP contribution >= 0.6 is 11.3 Å². The molecule has 1 aliphatic rings. The Morgan fingerprint density at radius 2 is 1.96 bits per heavy atom. The minimum absolute atomic E-state index is 0.0133. The zero-order chi connectivity index (χ0) is 20.1. The van der Waals surface area contributed by atoms with E-state index >= 15 is 0 Å². The molecule has 0 atom stereocenters. The lowest BCUT2D eigenvalue weighted by molar-refractivity contribution is 0.0730. The number of carbonyl (C=O) groups is 1. The van der Waals surface area contributed by atoms with E-state index in [1.165, 1.54) is 10.4 Å². The number of sulfonamides is 1. The van der Waals surface area contributed by atoms with Crippen molar-refractivity contribution in [3.63, 3.8) is 0 Å². The third kappa shape index (κ3) is 4.72. The lowest BCUT2D eigenvalue weighted by Gasteiger charge is -2.26. The highest BCUT2D eigenvalue weighted by molar-refractivity contribution is 7.89. The summed E-state index contributed by atoms with van der Waals surface area (Å²) >= 11 is 1.12. The molecule has 0 aliphatic carbocycles. The molecule has 0 unspecified atom stereocenters. The molecular formula is C19H24N2O5S2. The van der Waals surface area contributed by atoms with E-state index in [-0.39, 0.29) is 22.4 Å². The van der Waals surface area contributed by atoms with Gasteiger partial charge in [0.2, 0.25) is 10.0 Å². The van der Waals surface area contributed by atoms with Crippen molar-refractivity contribution in [2.45, 2.75) is 31.4 Å². The van der Waals surface area contributed by atoms with Crippen molar-refractivity contribution in [3.05, 3.63) is 46.2 Å². The number of morpholine rings is 1. The van der Waals surface area contributed by atoms with Crippen LogP contribution in [0.1, 0.15) is 29.1 Å². The van der Waals surface area contributed by atoms with E-state index in [2.05, 4.69) is 5.32 Å². The molecule has 1 fully saturated rings. The van der Waals surface area contributed by atoms with Crippen LogP contribution in [0.25, 0.3) is 0 Å². The normalized spacial score (nSPS) is 15.5. The van der Waals surface area contributed by atoms with Gasteiger partial charge in [-0.1, -0.05) is 18.2 Å². The Morgan fingerprint density at radius 3 is 2.68 bits per heavy atom. The number of nitrogens with zero attached hydrogens (tertiary/aromatic N) is 1. The molecular weight excluding hydrogens is 400 g/mol. The van der Waals surface area contributed by atoms with Gasteiger partial charge in [0, 0.05) is 25.2 Å². The third-order valence-corrected chi connectivity index (χ3v) is 7.18. The lowest BCUT2D eigenvalue weighted by atomic mass is 10.2. The fourth-order valence-corrected chi connectivity index (χ4v) is 5.59. The molecule has 0 spiro atoms. The van der Waals surface area contributed by atoms with Gasteiger partial charge in [0.25, 0.3) is 5.91 Å². The average Bonchev–Trinajstić information content (AvgIpc) is 3.18. The minimum Gasteiger partial charge on any atom is -0.491 e. The van der Waals surface area contributed by atoms with Gasteiger partial charge in [0.15, 0.2) is 0 Å². The number of nitrogens with one attached hydrogen (secondary N) is 1. The highest BCUT2D eigenvalue weighted by Gasteiger charge is 2.31. The summed E-state index contributed by atoms with van der Waals surface area (Å²) in [6.07, 6.45) is 0.0133. The average molecular weight is 425 g/mol. The molecule has 3 rings (SSSR count). The monoisotopic (exact) mass is 424 g/mol. The van der Waals surface area contributed by atoms with Crippen LogP contribution in [-0.4, -0.2) is 51.0 Å². The number of hydrogen-bond donors (Lipinski definition) is 1. The van der Waals surface area contributed by atoms with E-state index in [0.29, 0.717) is 32.1 Å². The van der Waals surface area contributed by atoms with E-state index in [4.69, 9.17) is 9.47 Å². The molecule has 0 saturated carbocycles. The standard InChI is InChI=1S/C19H24N2O5S2/c1-14(2)26-16-6-4-3-5-15(16)13-20-19(22)18-17(7-12-27-18)28(23,24)21-8-10-25-11-9-21/h3-7,12,14H,8-11,13H2,1-2H3,(H,20,22). The lowest BCUT2D eigenvalue weighted by Crippen LogP contribution is -2.41. The van der Waals surface area contributed by atoms with Crippen LogP contribution in [0.4, 0.5) is 0 Å². The molecule has 1 aromatic carbocycles. The molecule has 1 amide bonds. The predicted octanol–water partition coefficient (Wildman–Crippen LogP) is 2.49. The van der Waals surface area contributed by atoms with Crippen molar-refractivity contribution in [2.24, 2.45) is 0 Å². The summed E-state index contributed by atoms with van der Waals surface area (Å²) in [6, 6.07) is 8.95. The van der Waals surface area contributed by atoms with Gasteiger partial charge in [0.05, 0.1) is 19.3 Å². The Kier molecular flexibility index (Phi) is 6.71. The Hall–Kier alpha value is -1.94. The summed E-state index contributed by atoms with van der Waals surface area (Å²) < 4.78 is 38.1. The van der Waals surface area contributed by atoms with Crippen molar-refractivity contribution in [1.82, 2.24) is 9.62 Å². The number of thiophene rings is 1. The first-order valence-corrected chi connectivity index (χ1v) is 11.4. The summed E-state index contributed by atoms with van der Waals surface area (Å²) in [5.74, 6) is 0.284. The number of rotatable bonds is 7. The maximum Gasteiger partial charge on any atom is 0.263 e. The molecule has 0 radical (unpaired) electrons. The number of benzene rings is 1. The Morgan fingerprint density at radius 1 is 1.25 bits per heavy atom. The van der Waals surface area contributed by atoms with Crippen LogP contribution in [0.15, 0.2) is 40.6 Å². The fraction of sp³-hybridized carbons (Fsp3) is 0.421. The van der Waals surface area contributed by atoms with Gasteiger partial charge in [-0.05, 0) is 31.4 Å². The second-order valence-electron chi connectivity index (χ2n) is 6.59. The highest BCUT2D eigenvalue weighted by Crippen LogP contribution is 2.26. The molecule has 2 aromatic rings. The molecule has 28 heavy (non-hydrogen) atoms. The van der Waals surface area contributed by atoms with Crippen LogP contribution in [-0.2, 0) is 21.3 Å². The van der Waals surface area contributed by atoms with Crippen molar-refractivity contribution >= 4 is 27.3 Å². The van der Waals surface area contributed by atoms with E-state index in [1.54, 1.807) is 5.38 Å². The van der Waals surface area contributed by atoms with Crippen molar-refractivity contribution in [3.8, 4) is 5.75 Å². The summed E-state index contributed by atoms with van der Waals surface area (Å²) in [7, 11) is -3.72. The molecule has 2 heterocycles. The first kappa shape index (κ1) is 20.8. The molecule has 7 nitrogen and oxygen atoms in total. The molecule has 9 heteroatoms. The second kappa shape index (κ2) is 9.04. The summed E-state index contributed by atoms with van der Waals surface area (Å²) in [5.41, 5.74) is 0.832. The number of amides is 1. The molecule has 0 bridgehead atoms. The topological polar surface area (TPSA) is 84.9 Å². The number of hydrogen-bond acceptors (Lipinski definition) is 6. The van der Waals surface area contributed by atoms with E-state index in [9.17, 15) is 13.2 Å². The van der Waals surface area contributed by atoms with Crippen molar-refractivity contribution in [1.29, 1.82) is 0 Å². The van der Waals surface area contributed by atoms with Crippen LogP contribution in [0, 0.1) is 0 Å². The van der Waals surface area contributed by atoms with Crippen LogP contribution in [0.3, 0.4) is 0 Å². The Balaban J connectivity index is 1.74. The SMILES string of the molecule is CC(C)Oc1ccccc1CNC(=O)c1sccc1S(=O)(=O)N1CCOCC1. The quantitative estimate of drug-likeness (QED) is 0.738. The smallest absolute Gasteiger partial charge is 0.263 e. The number of ether oxygens (including phenoxy) is 2. The first-order chi connectivity index (χ1) is 13.4. The zero-order valence-electron chi connectivity index (χ0n) is 15.9. The van der Waals surface area contributed by atoms with Crippen molar-refractivity contribution < 1.29 is 22.7 Å². The van der Waals surface area contributed by atoms with Gasteiger partial charge in [0.1, 0.15) is 15.5 Å². The van der Waals surface area contributed by atoms with Crippen LogP contribution in [0.5, 0.6) is 5.75 Å². The maximum absolute atomic E-state index is 12.9. The van der Waals surface area contributed by atoms with Gasteiger partial charge in [-0.2, -0.15) is 4.31 Å². The van der Waals surface area contributed by atoms with Crippen LogP contribution in [0.2, 0.25) is 0 Å². The molecule has 1 saturated heterocycles. The Bertz CT molecular complexity index is 918. The summed E-state index contributed by atoms with van der Waals surface area (Å²) in [4.78, 5) is 12.9. The third-order valence-electron chi connectivity index (χ3n) is 4.20. The summed E-state index contributed by atoms with van der Waals surface area (Å²) in [6.45, 7) is 5.41. The van der Waals surface area contributed by atoms with Gasteiger partial charge in [-0.15, -0.1) is 11.3 Å². The minimum atomic E-state index is -3.72. The van der Waals surface area contributed by atoms with Gasteiger partial charge in [-0.3, -0.25) is 4.79 Å². The zero-order valence-corrected chi connectivity index (χ0v) is 17.5. The highest BCUT2D eigenvalue weighted by atomic mass is 32.2. The maximum atomic E-state index is 12.9. The number of carbonyl (C=O) groups excluding carboxylic acids is 1. The second-order valence-corrected chi connectivity index (χ2v) is 9.41. The van der Waals surface area contributed by atoms with Crippen LogP contribution < -0.4 is 10.1 Å². The molecule has 1 N–H and O–H groups in total. The molecule has 1 aliphatic heterocycles.